The SMILES string of the molecule is CCCC(C)NC(=O)C(c1ccccc1)N(C(=O)C(NC(=O)OC(C)(C)C)C(C)C)C(C)CC. The van der Waals surface area contributed by atoms with Gasteiger partial charge in [-0.3, -0.25) is 9.59 Å². The first-order valence-electron chi connectivity index (χ1n) is 12.5. The molecule has 0 aliphatic heterocycles. The molecule has 0 heterocycles. The molecule has 0 aromatic heterocycles. The van der Waals surface area contributed by atoms with Gasteiger partial charge in [-0.2, -0.15) is 0 Å². The molecule has 34 heavy (non-hydrogen) atoms. The molecule has 0 spiro atoms. The van der Waals surface area contributed by atoms with Crippen molar-refractivity contribution in [2.45, 2.75) is 111 Å². The van der Waals surface area contributed by atoms with Crippen molar-refractivity contribution >= 4 is 17.9 Å². The number of benzene rings is 1. The minimum Gasteiger partial charge on any atom is -0.444 e. The third-order valence-electron chi connectivity index (χ3n) is 5.68. The van der Waals surface area contributed by atoms with Crippen molar-refractivity contribution in [2.24, 2.45) is 5.92 Å². The van der Waals surface area contributed by atoms with Gasteiger partial charge < -0.3 is 20.3 Å². The van der Waals surface area contributed by atoms with Gasteiger partial charge in [-0.05, 0) is 58.9 Å². The molecule has 0 radical (unpaired) electrons. The van der Waals surface area contributed by atoms with E-state index in [4.69, 9.17) is 4.74 Å². The van der Waals surface area contributed by atoms with E-state index in [9.17, 15) is 14.4 Å². The number of nitrogens with one attached hydrogen (secondary N) is 2. The molecule has 0 bridgehead atoms. The van der Waals surface area contributed by atoms with Crippen molar-refractivity contribution < 1.29 is 19.1 Å². The Bertz CT molecular complexity index is 789. The molecule has 0 aliphatic rings. The lowest BCUT2D eigenvalue weighted by Crippen LogP contribution is -2.57. The maximum absolute atomic E-state index is 14.0. The summed E-state index contributed by atoms with van der Waals surface area (Å²) in [5.41, 5.74) is 0.0459. The van der Waals surface area contributed by atoms with Crippen LogP contribution in [0.2, 0.25) is 0 Å². The molecule has 1 rings (SSSR count). The van der Waals surface area contributed by atoms with Gasteiger partial charge in [0, 0.05) is 12.1 Å². The van der Waals surface area contributed by atoms with Gasteiger partial charge in [-0.1, -0.05) is 64.4 Å². The van der Waals surface area contributed by atoms with Crippen molar-refractivity contribution in [3.05, 3.63) is 35.9 Å². The van der Waals surface area contributed by atoms with Crippen LogP contribution in [0.25, 0.3) is 0 Å². The fourth-order valence-electron chi connectivity index (χ4n) is 3.80. The van der Waals surface area contributed by atoms with Gasteiger partial charge >= 0.3 is 6.09 Å². The molecule has 0 aliphatic carbocycles. The Morgan fingerprint density at radius 2 is 1.56 bits per heavy atom. The fourth-order valence-corrected chi connectivity index (χ4v) is 3.80. The van der Waals surface area contributed by atoms with Gasteiger partial charge in [0.15, 0.2) is 0 Å². The molecule has 1 aromatic carbocycles. The smallest absolute Gasteiger partial charge is 0.408 e. The maximum Gasteiger partial charge on any atom is 0.408 e. The molecule has 4 atom stereocenters. The van der Waals surface area contributed by atoms with E-state index in [0.29, 0.717) is 6.42 Å². The van der Waals surface area contributed by atoms with E-state index in [-0.39, 0.29) is 29.8 Å². The largest absolute Gasteiger partial charge is 0.444 e. The number of alkyl carbamates (subject to hydrolysis) is 1. The molecule has 192 valence electrons. The van der Waals surface area contributed by atoms with E-state index in [2.05, 4.69) is 17.6 Å². The summed E-state index contributed by atoms with van der Waals surface area (Å²) in [6.07, 6.45) is 1.80. The number of hydrogen-bond acceptors (Lipinski definition) is 4. The molecular weight excluding hydrogens is 430 g/mol. The Morgan fingerprint density at radius 3 is 2.03 bits per heavy atom. The third-order valence-corrected chi connectivity index (χ3v) is 5.68. The molecule has 0 fully saturated rings. The van der Waals surface area contributed by atoms with E-state index < -0.39 is 23.8 Å². The Labute approximate surface area is 206 Å². The molecule has 0 saturated carbocycles. The van der Waals surface area contributed by atoms with E-state index in [1.807, 2.05) is 65.0 Å². The summed E-state index contributed by atoms with van der Waals surface area (Å²) in [5, 5.41) is 5.84. The van der Waals surface area contributed by atoms with Gasteiger partial charge in [-0.25, -0.2) is 4.79 Å². The molecule has 4 unspecified atom stereocenters. The van der Waals surface area contributed by atoms with E-state index in [1.165, 1.54) is 0 Å². The summed E-state index contributed by atoms with van der Waals surface area (Å²) in [7, 11) is 0. The van der Waals surface area contributed by atoms with Crippen LogP contribution < -0.4 is 10.6 Å². The maximum atomic E-state index is 14.0. The fraction of sp³-hybridized carbons (Fsp3) is 0.667. The topological polar surface area (TPSA) is 87.7 Å². The predicted octanol–water partition coefficient (Wildman–Crippen LogP) is 5.21. The van der Waals surface area contributed by atoms with Crippen molar-refractivity contribution in [1.82, 2.24) is 15.5 Å². The van der Waals surface area contributed by atoms with Gasteiger partial charge in [-0.15, -0.1) is 0 Å². The summed E-state index contributed by atoms with van der Waals surface area (Å²) in [6.45, 7) is 17.0. The van der Waals surface area contributed by atoms with E-state index in [0.717, 1.165) is 18.4 Å². The average Bonchev–Trinajstić information content (AvgIpc) is 2.74. The molecule has 7 heteroatoms. The molecule has 3 amide bonds. The highest BCUT2D eigenvalue weighted by atomic mass is 16.6. The molecule has 0 saturated heterocycles. The second kappa shape index (κ2) is 13.4. The van der Waals surface area contributed by atoms with Crippen LogP contribution in [0.3, 0.4) is 0 Å². The quantitative estimate of drug-likeness (QED) is 0.460. The number of carbonyl (C=O) groups excluding carboxylic acids is 3. The first kappa shape index (κ1) is 29.5. The van der Waals surface area contributed by atoms with Crippen LogP contribution >= 0.6 is 0 Å². The highest BCUT2D eigenvalue weighted by Crippen LogP contribution is 2.27. The van der Waals surface area contributed by atoms with Crippen LogP contribution in [-0.4, -0.2) is 46.5 Å². The first-order valence-corrected chi connectivity index (χ1v) is 12.5. The summed E-state index contributed by atoms with van der Waals surface area (Å²) < 4.78 is 5.41. The zero-order valence-corrected chi connectivity index (χ0v) is 22.5. The number of ether oxygens (including phenoxy) is 1. The average molecular weight is 476 g/mol. The van der Waals surface area contributed by atoms with Crippen molar-refractivity contribution in [1.29, 1.82) is 0 Å². The monoisotopic (exact) mass is 475 g/mol. The predicted molar refractivity (Wildman–Crippen MR) is 136 cm³/mol. The Hall–Kier alpha value is -2.57. The Kier molecular flexibility index (Phi) is 11.6. The van der Waals surface area contributed by atoms with Gasteiger partial charge in [0.1, 0.15) is 17.7 Å². The summed E-state index contributed by atoms with van der Waals surface area (Å²) in [6, 6.07) is 7.44. The second-order valence-electron chi connectivity index (χ2n) is 10.4. The van der Waals surface area contributed by atoms with Gasteiger partial charge in [0.05, 0.1) is 0 Å². The lowest BCUT2D eigenvalue weighted by atomic mass is 9.96. The standard InChI is InChI=1S/C27H45N3O4/c1-10-15-19(5)28-24(31)23(21-16-13-12-14-17-21)30(20(6)11-2)25(32)22(18(3)4)29-26(33)34-27(7,8)9/h12-14,16-20,22-23H,10-11,15H2,1-9H3,(H,28,31)(H,29,33). The highest BCUT2D eigenvalue weighted by molar-refractivity contribution is 5.92. The molecule has 1 aromatic rings. The molecule has 7 nitrogen and oxygen atoms in total. The summed E-state index contributed by atoms with van der Waals surface area (Å²) >= 11 is 0. The number of hydrogen-bond donors (Lipinski definition) is 2. The minimum atomic E-state index is -0.837. The van der Waals surface area contributed by atoms with Crippen LogP contribution in [0.5, 0.6) is 0 Å². The zero-order valence-electron chi connectivity index (χ0n) is 22.5. The Morgan fingerprint density at radius 1 is 0.971 bits per heavy atom. The minimum absolute atomic E-state index is 0.0154. The third kappa shape index (κ3) is 8.99. The normalized spacial score (nSPS) is 15.1. The van der Waals surface area contributed by atoms with Crippen LogP contribution in [0.1, 0.15) is 93.2 Å². The summed E-state index contributed by atoms with van der Waals surface area (Å²) in [4.78, 5) is 41.8. The van der Waals surface area contributed by atoms with Crippen molar-refractivity contribution in [2.75, 3.05) is 0 Å². The van der Waals surface area contributed by atoms with Gasteiger partial charge in [0.25, 0.3) is 0 Å². The molecule has 2 N–H and O–H groups in total. The second-order valence-corrected chi connectivity index (χ2v) is 10.4. The highest BCUT2D eigenvalue weighted by Gasteiger charge is 2.39. The number of nitrogens with zero attached hydrogens (tertiary/aromatic N) is 1. The van der Waals surface area contributed by atoms with Crippen LogP contribution in [0, 0.1) is 5.92 Å². The number of rotatable bonds is 11. The lowest BCUT2D eigenvalue weighted by molar-refractivity contribution is -0.146. The van der Waals surface area contributed by atoms with Crippen LogP contribution in [0.15, 0.2) is 30.3 Å². The van der Waals surface area contributed by atoms with Gasteiger partial charge in [0.2, 0.25) is 11.8 Å². The van der Waals surface area contributed by atoms with Crippen LogP contribution in [-0.2, 0) is 14.3 Å². The lowest BCUT2D eigenvalue weighted by Gasteiger charge is -2.39. The Balaban J connectivity index is 3.43. The molecular formula is C27H45N3O4. The summed E-state index contributed by atoms with van der Waals surface area (Å²) in [5.74, 6) is -0.729. The zero-order chi connectivity index (χ0) is 26.1. The number of carbonyl (C=O) groups is 3. The van der Waals surface area contributed by atoms with E-state index >= 15 is 0 Å². The van der Waals surface area contributed by atoms with Crippen molar-refractivity contribution in [3.8, 4) is 0 Å². The van der Waals surface area contributed by atoms with Crippen LogP contribution in [0.4, 0.5) is 4.79 Å². The van der Waals surface area contributed by atoms with Crippen molar-refractivity contribution in [3.63, 3.8) is 0 Å². The number of amides is 3. The van der Waals surface area contributed by atoms with E-state index in [1.54, 1.807) is 25.7 Å². The first-order chi connectivity index (χ1) is 15.8.